The summed E-state index contributed by atoms with van der Waals surface area (Å²) >= 11 is 11.6. The van der Waals surface area contributed by atoms with Crippen LogP contribution in [0, 0.1) is 11.6 Å². The van der Waals surface area contributed by atoms with E-state index in [1.807, 2.05) is 0 Å². The van der Waals surface area contributed by atoms with E-state index in [2.05, 4.69) is 20.1 Å². The molecule has 0 saturated carbocycles. The topological polar surface area (TPSA) is 141 Å². The normalized spacial score (nSPS) is 24.4. The van der Waals surface area contributed by atoms with E-state index in [9.17, 15) is 32.2 Å². The summed E-state index contributed by atoms with van der Waals surface area (Å²) in [5, 5.41) is 25.1. The lowest BCUT2D eigenvalue weighted by molar-refractivity contribution is -0.215. The Hall–Kier alpha value is -3.21. The van der Waals surface area contributed by atoms with Crippen molar-refractivity contribution in [1.82, 2.24) is 19.7 Å². The average molecular weight is 637 g/mol. The van der Waals surface area contributed by atoms with Crippen molar-refractivity contribution in [3.8, 4) is 5.69 Å². The summed E-state index contributed by atoms with van der Waals surface area (Å²) in [4.78, 5) is 11.7. The molecule has 3 aromatic rings. The highest BCUT2D eigenvalue weighted by molar-refractivity contribution is 6.31. The molecule has 1 saturated heterocycles. The summed E-state index contributed by atoms with van der Waals surface area (Å²) in [7, 11) is 1.25. The Kier molecular flexibility index (Phi) is 9.49. The SMILES string of the molecule is CO[C@@H]1C(N=C/C(=C\N)c2ccc(Cl)c(F)c2F)C(O)[C@H](c2ncnn2-c2cc(Cl)cnc2C(F)(F)F)OC1C(C)O. The fraction of sp³-hybridized carbons (Fsp3) is 0.360. The number of nitrogens with zero attached hydrogens (tertiary/aromatic N) is 5. The van der Waals surface area contributed by atoms with Crippen molar-refractivity contribution < 1.29 is 41.6 Å². The first-order valence-corrected chi connectivity index (χ1v) is 12.8. The molecule has 17 heteroatoms. The first-order chi connectivity index (χ1) is 19.8. The molecule has 0 aliphatic carbocycles. The van der Waals surface area contributed by atoms with Crippen LogP contribution in [0.3, 0.4) is 0 Å². The summed E-state index contributed by atoms with van der Waals surface area (Å²) in [6.45, 7) is 1.36. The van der Waals surface area contributed by atoms with E-state index in [0.29, 0.717) is 0 Å². The predicted octanol–water partition coefficient (Wildman–Crippen LogP) is 3.90. The number of aliphatic hydroxyl groups excluding tert-OH is 2. The third-order valence-electron chi connectivity index (χ3n) is 6.44. The molecule has 2 aromatic heterocycles. The number of alkyl halides is 3. The molecule has 0 spiro atoms. The van der Waals surface area contributed by atoms with Crippen molar-refractivity contribution in [2.24, 2.45) is 10.7 Å². The number of halogens is 7. The average Bonchev–Trinajstić information content (AvgIpc) is 3.42. The number of rotatable bonds is 7. The van der Waals surface area contributed by atoms with E-state index in [-0.39, 0.29) is 22.0 Å². The molecule has 4 rings (SSSR count). The Morgan fingerprint density at radius 3 is 2.57 bits per heavy atom. The van der Waals surface area contributed by atoms with Crippen LogP contribution in [-0.4, -0.2) is 73.7 Å². The van der Waals surface area contributed by atoms with Crippen molar-refractivity contribution in [2.45, 2.75) is 49.7 Å². The standard InChI is InChI=1S/C25H23Cl2F5N6O4/c1-10(39)20-21(41-2)18(34-7-11(6-33)13-3-4-14(27)17(29)16(13)28)19(40)22(42-20)24-36-9-37-38(24)15-5-12(26)8-35-23(15)25(30,31)32/h3-10,18-22,39-40H,33H2,1-2H3/b11-6+,34-7?/t10?,18?,19?,20?,21-,22-/m1/s1. The van der Waals surface area contributed by atoms with Crippen molar-refractivity contribution in [2.75, 3.05) is 7.11 Å². The summed E-state index contributed by atoms with van der Waals surface area (Å²) in [5.74, 6) is -2.92. The maximum Gasteiger partial charge on any atom is 0.435 e. The fourth-order valence-electron chi connectivity index (χ4n) is 4.50. The molecule has 0 bridgehead atoms. The molecule has 1 fully saturated rings. The number of hydrogen-bond donors (Lipinski definition) is 3. The van der Waals surface area contributed by atoms with E-state index < -0.39 is 70.8 Å². The molecule has 1 aromatic carbocycles. The van der Waals surface area contributed by atoms with Gasteiger partial charge in [-0.2, -0.15) is 18.3 Å². The number of aromatic nitrogens is 4. The van der Waals surface area contributed by atoms with E-state index in [1.165, 1.54) is 20.1 Å². The minimum Gasteiger partial charge on any atom is -0.404 e. The van der Waals surface area contributed by atoms with Crippen molar-refractivity contribution >= 4 is 35.0 Å². The first-order valence-electron chi connectivity index (χ1n) is 12.1. The van der Waals surface area contributed by atoms with Gasteiger partial charge in [-0.1, -0.05) is 23.2 Å². The highest BCUT2D eigenvalue weighted by Crippen LogP contribution is 2.38. The maximum absolute atomic E-state index is 14.6. The number of allylic oxidation sites excluding steroid dienone is 1. The number of aliphatic imine (C=N–C) groups is 1. The number of ether oxygens (including phenoxy) is 2. The van der Waals surface area contributed by atoms with Crippen LogP contribution >= 0.6 is 23.2 Å². The molecule has 4 unspecified atom stereocenters. The molecule has 226 valence electrons. The zero-order valence-electron chi connectivity index (χ0n) is 21.7. The molecule has 0 amide bonds. The predicted molar refractivity (Wildman–Crippen MR) is 141 cm³/mol. The molecule has 3 heterocycles. The van der Waals surface area contributed by atoms with Crippen molar-refractivity contribution in [3.63, 3.8) is 0 Å². The van der Waals surface area contributed by atoms with Crippen LogP contribution in [0.25, 0.3) is 11.3 Å². The highest BCUT2D eigenvalue weighted by Gasteiger charge is 2.49. The second-order valence-corrected chi connectivity index (χ2v) is 9.96. The van der Waals surface area contributed by atoms with Crippen molar-refractivity contribution in [1.29, 1.82) is 0 Å². The van der Waals surface area contributed by atoms with Gasteiger partial charge in [0, 0.05) is 36.9 Å². The van der Waals surface area contributed by atoms with Gasteiger partial charge in [0.15, 0.2) is 23.2 Å². The number of aliphatic hydroxyl groups is 2. The lowest BCUT2D eigenvalue weighted by atomic mass is 9.90. The molecule has 1 aliphatic rings. The quantitative estimate of drug-likeness (QED) is 0.201. The third-order valence-corrected chi connectivity index (χ3v) is 6.94. The molecular formula is C25H23Cl2F5N6O4. The van der Waals surface area contributed by atoms with E-state index in [0.717, 1.165) is 41.8 Å². The Bertz CT molecular complexity index is 1500. The highest BCUT2D eigenvalue weighted by atomic mass is 35.5. The minimum absolute atomic E-state index is 0.107. The van der Waals surface area contributed by atoms with Crippen LogP contribution in [0.15, 0.2) is 41.9 Å². The van der Waals surface area contributed by atoms with Crippen LogP contribution in [0.5, 0.6) is 0 Å². The van der Waals surface area contributed by atoms with Gasteiger partial charge in [-0.25, -0.2) is 23.4 Å². The number of pyridine rings is 1. The zero-order valence-corrected chi connectivity index (χ0v) is 23.2. The van der Waals surface area contributed by atoms with E-state index in [1.54, 1.807) is 0 Å². The molecule has 10 nitrogen and oxygen atoms in total. The van der Waals surface area contributed by atoms with Gasteiger partial charge in [0.05, 0.1) is 21.8 Å². The van der Waals surface area contributed by atoms with Crippen molar-refractivity contribution in [3.05, 3.63) is 75.7 Å². The van der Waals surface area contributed by atoms with E-state index >= 15 is 0 Å². The lowest BCUT2D eigenvalue weighted by Crippen LogP contribution is -2.57. The van der Waals surface area contributed by atoms with Crippen LogP contribution < -0.4 is 5.73 Å². The summed E-state index contributed by atoms with van der Waals surface area (Å²) < 4.78 is 82.2. The number of methoxy groups -OCH3 is 1. The maximum atomic E-state index is 14.6. The van der Waals surface area contributed by atoms with Gasteiger partial charge >= 0.3 is 6.18 Å². The summed E-state index contributed by atoms with van der Waals surface area (Å²) in [6.07, 6.45) is -7.99. The second kappa shape index (κ2) is 12.6. The summed E-state index contributed by atoms with van der Waals surface area (Å²) in [6, 6.07) is 1.94. The van der Waals surface area contributed by atoms with Crippen LogP contribution in [0.1, 0.15) is 30.1 Å². The van der Waals surface area contributed by atoms with Crippen LogP contribution in [0.2, 0.25) is 10.0 Å². The Labute approximate surface area is 245 Å². The zero-order chi connectivity index (χ0) is 30.9. The Balaban J connectivity index is 1.79. The van der Waals surface area contributed by atoms with Gasteiger partial charge < -0.3 is 25.4 Å². The van der Waals surface area contributed by atoms with Crippen LogP contribution in [-0.2, 0) is 15.7 Å². The van der Waals surface area contributed by atoms with Gasteiger partial charge in [0.2, 0.25) is 0 Å². The fourth-order valence-corrected chi connectivity index (χ4v) is 4.80. The Morgan fingerprint density at radius 2 is 1.95 bits per heavy atom. The number of hydrogen-bond acceptors (Lipinski definition) is 9. The minimum atomic E-state index is -4.91. The number of nitrogens with two attached hydrogens (primary N) is 1. The molecule has 0 radical (unpaired) electrons. The van der Waals surface area contributed by atoms with E-state index in [4.69, 9.17) is 38.4 Å². The monoisotopic (exact) mass is 636 g/mol. The van der Waals surface area contributed by atoms with Gasteiger partial charge in [-0.15, -0.1) is 0 Å². The van der Waals surface area contributed by atoms with Gasteiger partial charge in [-0.05, 0) is 25.1 Å². The molecule has 4 N–H and O–H groups in total. The van der Waals surface area contributed by atoms with Gasteiger partial charge in [0.25, 0.3) is 0 Å². The second-order valence-electron chi connectivity index (χ2n) is 9.12. The number of benzene rings is 1. The smallest absolute Gasteiger partial charge is 0.404 e. The van der Waals surface area contributed by atoms with Crippen LogP contribution in [0.4, 0.5) is 22.0 Å². The molecular weight excluding hydrogens is 614 g/mol. The molecule has 1 aliphatic heterocycles. The summed E-state index contributed by atoms with van der Waals surface area (Å²) in [5.41, 5.74) is 3.30. The largest absolute Gasteiger partial charge is 0.435 e. The Morgan fingerprint density at radius 1 is 1.24 bits per heavy atom. The third kappa shape index (κ3) is 6.11. The molecule has 6 atom stereocenters. The van der Waals surface area contributed by atoms with Gasteiger partial charge in [-0.3, -0.25) is 4.99 Å². The molecule has 42 heavy (non-hydrogen) atoms. The van der Waals surface area contributed by atoms with Gasteiger partial charge in [0.1, 0.15) is 36.8 Å². The first kappa shape index (κ1) is 31.7. The lowest BCUT2D eigenvalue weighted by Gasteiger charge is -2.43.